The predicted molar refractivity (Wildman–Crippen MR) is 112 cm³/mol. The lowest BCUT2D eigenvalue weighted by Gasteiger charge is -2.17. The average Bonchev–Trinajstić information content (AvgIpc) is 3.13. The van der Waals surface area contributed by atoms with Crippen molar-refractivity contribution in [2.45, 2.75) is 45.6 Å². The molecule has 1 unspecified atom stereocenters. The van der Waals surface area contributed by atoms with E-state index in [9.17, 15) is 4.79 Å². The number of hydrogen-bond acceptors (Lipinski definition) is 5. The molecule has 144 valence electrons. The Labute approximate surface area is 164 Å². The fourth-order valence-electron chi connectivity index (χ4n) is 2.61. The van der Waals surface area contributed by atoms with Crippen molar-refractivity contribution in [2.24, 2.45) is 0 Å². The molecular weight excluding hydrogens is 360 g/mol. The van der Waals surface area contributed by atoms with E-state index in [1.807, 2.05) is 31.3 Å². The van der Waals surface area contributed by atoms with E-state index >= 15 is 0 Å². The number of carbonyl (C=O) groups excluding carboxylic acids is 1. The minimum atomic E-state index is -0.295. The van der Waals surface area contributed by atoms with Crippen LogP contribution in [0.25, 0.3) is 16.1 Å². The van der Waals surface area contributed by atoms with Gasteiger partial charge in [0, 0.05) is 18.8 Å². The van der Waals surface area contributed by atoms with Crippen molar-refractivity contribution in [3.8, 4) is 11.3 Å². The van der Waals surface area contributed by atoms with Crippen molar-refractivity contribution in [1.29, 1.82) is 0 Å². The second kappa shape index (κ2) is 10.4. The summed E-state index contributed by atoms with van der Waals surface area (Å²) < 4.78 is 0. The van der Waals surface area contributed by atoms with Crippen molar-refractivity contribution < 1.29 is 4.79 Å². The molecule has 0 fully saturated rings. The summed E-state index contributed by atoms with van der Waals surface area (Å²) in [5.41, 5.74) is 7.82. The molecule has 2 rings (SSSR count). The van der Waals surface area contributed by atoms with E-state index in [1.165, 1.54) is 11.3 Å². The zero-order valence-electron chi connectivity index (χ0n) is 15.9. The molecule has 4 N–H and O–H groups in total. The number of nitrogens with zero attached hydrogens (tertiary/aromatic N) is 2. The van der Waals surface area contributed by atoms with Gasteiger partial charge in [0.2, 0.25) is 0 Å². The van der Waals surface area contributed by atoms with E-state index in [1.54, 1.807) is 0 Å². The van der Waals surface area contributed by atoms with Crippen LogP contribution in [0.15, 0.2) is 24.3 Å². The first kappa shape index (κ1) is 20.5. The Bertz CT molecular complexity index is 798. The van der Waals surface area contributed by atoms with Gasteiger partial charge < -0.3 is 10.6 Å². The molecule has 1 heterocycles. The number of aromatic nitrogens is 1. The Morgan fingerprint density at radius 3 is 2.85 bits per heavy atom. The number of hydrazine groups is 1. The first-order chi connectivity index (χ1) is 13.1. The zero-order chi connectivity index (χ0) is 19.6. The van der Waals surface area contributed by atoms with Crippen LogP contribution in [0, 0.1) is 6.57 Å². The maximum Gasteiger partial charge on any atom is 0.333 e. The molecule has 7 nitrogen and oxygen atoms in total. The van der Waals surface area contributed by atoms with Gasteiger partial charge in [-0.15, -0.1) is 11.3 Å². The van der Waals surface area contributed by atoms with Crippen LogP contribution in [-0.4, -0.2) is 24.1 Å². The molecular formula is C19H26N6OS. The van der Waals surface area contributed by atoms with Gasteiger partial charge in [0.1, 0.15) is 0 Å². The summed E-state index contributed by atoms with van der Waals surface area (Å²) in [6, 6.07) is 7.56. The topological polar surface area (TPSA) is 82.4 Å². The number of thiazole rings is 1. The lowest BCUT2D eigenvalue weighted by molar-refractivity contribution is 0.237. The van der Waals surface area contributed by atoms with E-state index in [0.717, 1.165) is 36.9 Å². The highest BCUT2D eigenvalue weighted by Crippen LogP contribution is 2.38. The molecule has 27 heavy (non-hydrogen) atoms. The van der Waals surface area contributed by atoms with Crippen LogP contribution in [0.5, 0.6) is 0 Å². The summed E-state index contributed by atoms with van der Waals surface area (Å²) in [5, 5.41) is 6.98. The Kier molecular flexibility index (Phi) is 7.89. The van der Waals surface area contributed by atoms with Crippen molar-refractivity contribution in [1.82, 2.24) is 15.7 Å². The largest absolute Gasteiger partial charge is 0.388 e. The molecule has 0 saturated carbocycles. The number of rotatable bonds is 9. The Balaban J connectivity index is 2.02. The van der Waals surface area contributed by atoms with Gasteiger partial charge in [-0.1, -0.05) is 38.8 Å². The van der Waals surface area contributed by atoms with Gasteiger partial charge in [0.05, 0.1) is 12.3 Å². The van der Waals surface area contributed by atoms with Crippen LogP contribution in [-0.2, 0) is 0 Å². The average molecular weight is 387 g/mol. The van der Waals surface area contributed by atoms with Gasteiger partial charge in [-0.3, -0.25) is 5.43 Å². The predicted octanol–water partition coefficient (Wildman–Crippen LogP) is 5.00. The molecule has 1 atom stereocenters. The van der Waals surface area contributed by atoms with Crippen LogP contribution in [0.3, 0.4) is 0 Å². The maximum atomic E-state index is 12.1. The third-order valence-electron chi connectivity index (χ3n) is 4.15. The molecule has 1 aromatic heterocycles. The second-order valence-electron chi connectivity index (χ2n) is 6.09. The van der Waals surface area contributed by atoms with Crippen LogP contribution in [0.2, 0.25) is 0 Å². The number of hydrogen-bond donors (Lipinski definition) is 4. The smallest absolute Gasteiger partial charge is 0.333 e. The molecule has 1 aromatic carbocycles. The van der Waals surface area contributed by atoms with Crippen LogP contribution < -0.4 is 21.5 Å². The molecule has 0 spiro atoms. The highest BCUT2D eigenvalue weighted by molar-refractivity contribution is 7.20. The van der Waals surface area contributed by atoms with Crippen molar-refractivity contribution in [3.05, 3.63) is 35.7 Å². The lowest BCUT2D eigenvalue weighted by Crippen LogP contribution is -2.44. The van der Waals surface area contributed by atoms with E-state index in [2.05, 4.69) is 45.2 Å². The SMILES string of the molecule is [C-]#[N+]c1sc(NNC(=O)NC(CC)CCCC)nc1-c1cccc(NC)c1. The van der Waals surface area contributed by atoms with Crippen molar-refractivity contribution in [2.75, 3.05) is 17.8 Å². The number of unbranched alkanes of at least 4 members (excludes halogenated alkanes) is 1. The third kappa shape index (κ3) is 5.86. The number of amides is 2. The van der Waals surface area contributed by atoms with Gasteiger partial charge in [-0.2, -0.15) is 0 Å². The van der Waals surface area contributed by atoms with Gasteiger partial charge in [0.25, 0.3) is 5.00 Å². The monoisotopic (exact) mass is 386 g/mol. The summed E-state index contributed by atoms with van der Waals surface area (Å²) in [4.78, 5) is 20.1. The first-order valence-electron chi connectivity index (χ1n) is 9.10. The molecule has 2 aromatic rings. The van der Waals surface area contributed by atoms with E-state index in [0.29, 0.717) is 15.8 Å². The number of urea groups is 1. The summed E-state index contributed by atoms with van der Waals surface area (Å²) in [6.07, 6.45) is 4.04. The van der Waals surface area contributed by atoms with Gasteiger partial charge in [0.15, 0.2) is 5.13 Å². The van der Waals surface area contributed by atoms with E-state index in [-0.39, 0.29) is 12.1 Å². The van der Waals surface area contributed by atoms with E-state index in [4.69, 9.17) is 6.57 Å². The maximum absolute atomic E-state index is 12.1. The quantitative estimate of drug-likeness (QED) is 0.361. The molecule has 2 amide bonds. The highest BCUT2D eigenvalue weighted by atomic mass is 32.1. The molecule has 0 aliphatic carbocycles. The zero-order valence-corrected chi connectivity index (χ0v) is 16.7. The summed E-state index contributed by atoms with van der Waals surface area (Å²) >= 11 is 1.21. The third-order valence-corrected chi connectivity index (χ3v) is 5.02. The number of anilines is 2. The summed E-state index contributed by atoms with van der Waals surface area (Å²) in [7, 11) is 1.84. The van der Waals surface area contributed by atoms with Crippen LogP contribution in [0.4, 0.5) is 20.6 Å². The number of nitrogens with one attached hydrogen (secondary N) is 4. The van der Waals surface area contributed by atoms with Gasteiger partial charge in [-0.25, -0.2) is 20.0 Å². The van der Waals surface area contributed by atoms with Gasteiger partial charge in [-0.05, 0) is 30.5 Å². The van der Waals surface area contributed by atoms with Gasteiger partial charge >= 0.3 is 6.03 Å². The summed E-state index contributed by atoms with van der Waals surface area (Å²) in [6.45, 7) is 11.6. The molecule has 0 aliphatic rings. The normalized spacial score (nSPS) is 11.3. The fraction of sp³-hybridized carbons (Fsp3) is 0.421. The number of benzene rings is 1. The van der Waals surface area contributed by atoms with Crippen LogP contribution >= 0.6 is 11.3 Å². The van der Waals surface area contributed by atoms with Crippen LogP contribution in [0.1, 0.15) is 39.5 Å². The molecule has 0 aliphatic heterocycles. The standard InChI is InChI=1S/C19H26N6OS/c1-5-7-10-14(6-2)22-18(26)24-25-19-23-16(17(21-4)27-19)13-9-8-11-15(12-13)20-3/h8-9,11-12,14,20H,5-7,10H2,1-3H3,(H,23,25)(H2,22,24,26). The molecule has 0 saturated heterocycles. The molecule has 0 bridgehead atoms. The Morgan fingerprint density at radius 1 is 1.37 bits per heavy atom. The fourth-order valence-corrected chi connectivity index (χ4v) is 3.34. The minimum Gasteiger partial charge on any atom is -0.388 e. The Morgan fingerprint density at radius 2 is 2.19 bits per heavy atom. The highest BCUT2D eigenvalue weighted by Gasteiger charge is 2.15. The first-order valence-corrected chi connectivity index (χ1v) is 9.91. The second-order valence-corrected chi connectivity index (χ2v) is 7.06. The lowest BCUT2D eigenvalue weighted by atomic mass is 10.1. The summed E-state index contributed by atoms with van der Waals surface area (Å²) in [5.74, 6) is 0. The minimum absolute atomic E-state index is 0.154. The van der Waals surface area contributed by atoms with E-state index < -0.39 is 0 Å². The Hall–Kier alpha value is -2.79. The molecule has 8 heteroatoms. The molecule has 0 radical (unpaired) electrons. The van der Waals surface area contributed by atoms with Crippen molar-refractivity contribution >= 4 is 33.2 Å². The number of carbonyl (C=O) groups is 1. The van der Waals surface area contributed by atoms with Crippen molar-refractivity contribution in [3.63, 3.8) is 0 Å².